The smallest absolute Gasteiger partial charge is 0.414 e. The van der Waals surface area contributed by atoms with Gasteiger partial charge in [-0.3, -0.25) is 9.89 Å². The second-order valence-corrected chi connectivity index (χ2v) is 11.6. The highest BCUT2D eigenvalue weighted by atomic mass is 16.6. The Morgan fingerprint density at radius 2 is 1.54 bits per heavy atom. The molecule has 0 aliphatic carbocycles. The summed E-state index contributed by atoms with van der Waals surface area (Å²) in [6.07, 6.45) is 8.59. The maximum atomic E-state index is 12.6. The molecule has 4 rings (SSSR count). The highest BCUT2D eigenvalue weighted by Crippen LogP contribution is 2.30. The number of aliphatic imine (C=N–C) groups is 1. The van der Waals surface area contributed by atoms with Crippen LogP contribution in [-0.4, -0.2) is 59.6 Å². The van der Waals surface area contributed by atoms with Crippen LogP contribution in [0.15, 0.2) is 35.6 Å². The fourth-order valence-electron chi connectivity index (χ4n) is 4.58. The zero-order chi connectivity index (χ0) is 28.7. The number of methoxy groups -OCH3 is 2. The molecule has 212 valence electrons. The minimum Gasteiger partial charge on any atom is -0.481 e. The third-order valence-electron chi connectivity index (χ3n) is 6.66. The second kappa shape index (κ2) is 13.1. The Labute approximate surface area is 233 Å². The van der Waals surface area contributed by atoms with Crippen LogP contribution in [0.1, 0.15) is 76.1 Å². The molecule has 0 aromatic carbocycles. The van der Waals surface area contributed by atoms with Gasteiger partial charge in [0, 0.05) is 53.4 Å². The first-order valence-electron chi connectivity index (χ1n) is 13.7. The van der Waals surface area contributed by atoms with Crippen LogP contribution in [0, 0.1) is 25.7 Å². The van der Waals surface area contributed by atoms with E-state index in [4.69, 9.17) is 14.2 Å². The summed E-state index contributed by atoms with van der Waals surface area (Å²) in [4.78, 5) is 27.5. The Bertz CT molecular complexity index is 1220. The normalized spacial score (nSPS) is 19.3. The van der Waals surface area contributed by atoms with Gasteiger partial charge in [-0.2, -0.15) is 0 Å². The lowest BCUT2D eigenvalue weighted by atomic mass is 9.96. The van der Waals surface area contributed by atoms with E-state index in [1.165, 1.54) is 12.1 Å². The summed E-state index contributed by atoms with van der Waals surface area (Å²) >= 11 is 0. The molecule has 2 aliphatic rings. The van der Waals surface area contributed by atoms with E-state index in [9.17, 15) is 4.79 Å². The van der Waals surface area contributed by atoms with E-state index < -0.39 is 5.60 Å². The minimum atomic E-state index is -0.517. The molecule has 0 N–H and O–H groups in total. The van der Waals surface area contributed by atoms with Gasteiger partial charge in [0.2, 0.25) is 11.8 Å². The number of pyridine rings is 2. The number of hydrogen-bond donors (Lipinski definition) is 0. The van der Waals surface area contributed by atoms with Crippen molar-refractivity contribution in [2.24, 2.45) is 16.8 Å². The van der Waals surface area contributed by atoms with Gasteiger partial charge in [-0.1, -0.05) is 19.9 Å². The second-order valence-electron chi connectivity index (χ2n) is 11.6. The quantitative estimate of drug-likeness (QED) is 0.436. The molecular formula is C31H44N4O4. The van der Waals surface area contributed by atoms with E-state index in [1.807, 2.05) is 46.9 Å². The predicted octanol–water partition coefficient (Wildman–Crippen LogP) is 6.63. The summed E-state index contributed by atoms with van der Waals surface area (Å²) in [7, 11) is 3.25. The number of carbonyl (C=O) groups excluding carboxylic acids is 1. The van der Waals surface area contributed by atoms with Crippen LogP contribution >= 0.6 is 0 Å². The molecule has 0 saturated heterocycles. The molecule has 2 unspecified atom stereocenters. The molecule has 2 aliphatic heterocycles. The topological polar surface area (TPSA) is 86.1 Å². The number of carbonyl (C=O) groups is 1. The van der Waals surface area contributed by atoms with Crippen molar-refractivity contribution >= 4 is 17.5 Å². The van der Waals surface area contributed by atoms with Crippen LogP contribution in [0.3, 0.4) is 0 Å². The number of aromatic nitrogens is 2. The molecule has 39 heavy (non-hydrogen) atoms. The monoisotopic (exact) mass is 536 g/mol. The fraction of sp³-hybridized carbons (Fsp3) is 0.548. The zero-order valence-electron chi connectivity index (χ0n) is 25.0. The molecule has 1 amide bonds. The average molecular weight is 537 g/mol. The van der Waals surface area contributed by atoms with Crippen molar-refractivity contribution in [3.8, 4) is 11.8 Å². The summed E-state index contributed by atoms with van der Waals surface area (Å²) in [5.74, 6) is 2.42. The lowest BCUT2D eigenvalue weighted by Crippen LogP contribution is -2.39. The molecule has 0 saturated carbocycles. The van der Waals surface area contributed by atoms with Crippen molar-refractivity contribution in [3.63, 3.8) is 0 Å². The largest absolute Gasteiger partial charge is 0.481 e. The zero-order valence-corrected chi connectivity index (χ0v) is 25.0. The Morgan fingerprint density at radius 1 is 0.949 bits per heavy atom. The van der Waals surface area contributed by atoms with Gasteiger partial charge in [-0.15, -0.1) is 0 Å². The molecule has 2 aromatic heterocycles. The van der Waals surface area contributed by atoms with E-state index in [2.05, 4.69) is 41.0 Å². The van der Waals surface area contributed by atoms with Crippen LogP contribution in [0.25, 0.3) is 5.70 Å². The molecule has 0 fully saturated rings. The van der Waals surface area contributed by atoms with Crippen LogP contribution in [0.4, 0.5) is 4.79 Å². The van der Waals surface area contributed by atoms with E-state index >= 15 is 0 Å². The van der Waals surface area contributed by atoms with Crippen LogP contribution < -0.4 is 9.47 Å². The number of rotatable bonds is 4. The van der Waals surface area contributed by atoms with Gasteiger partial charge in [-0.05, 0) is 77.8 Å². The van der Waals surface area contributed by atoms with Crippen LogP contribution in [0.2, 0.25) is 0 Å². The SMILES string of the molecule is COc1ncc(C2=CCC(C)CN2C(=O)OC(C)(C)C)cc1C.COc1ncc(C2=NCC(C)CC2)cc1C. The molecule has 0 radical (unpaired) electrons. The summed E-state index contributed by atoms with van der Waals surface area (Å²) in [5, 5.41) is 0. The highest BCUT2D eigenvalue weighted by molar-refractivity contribution is 6.00. The number of allylic oxidation sites excluding steroid dienone is 1. The van der Waals surface area contributed by atoms with Crippen LogP contribution in [-0.2, 0) is 4.74 Å². The molecule has 8 nitrogen and oxygen atoms in total. The molecule has 4 heterocycles. The van der Waals surface area contributed by atoms with Crippen molar-refractivity contribution < 1.29 is 19.0 Å². The summed E-state index contributed by atoms with van der Waals surface area (Å²) in [6, 6.07) is 4.10. The van der Waals surface area contributed by atoms with E-state index in [0.717, 1.165) is 53.3 Å². The minimum absolute atomic E-state index is 0.316. The van der Waals surface area contributed by atoms with Crippen LogP contribution in [0.5, 0.6) is 11.8 Å². The molecule has 2 atom stereocenters. The van der Waals surface area contributed by atoms with E-state index in [0.29, 0.717) is 24.2 Å². The van der Waals surface area contributed by atoms with Crippen molar-refractivity contribution in [1.29, 1.82) is 0 Å². The van der Waals surface area contributed by atoms with Gasteiger partial charge in [-0.25, -0.2) is 14.8 Å². The lowest BCUT2D eigenvalue weighted by molar-refractivity contribution is 0.0327. The maximum Gasteiger partial charge on any atom is 0.414 e. The van der Waals surface area contributed by atoms with Crippen molar-refractivity contribution in [2.45, 2.75) is 73.3 Å². The third-order valence-corrected chi connectivity index (χ3v) is 6.66. The summed E-state index contributed by atoms with van der Waals surface area (Å²) in [6.45, 7) is 15.6. The van der Waals surface area contributed by atoms with Crippen molar-refractivity contribution in [2.75, 3.05) is 27.3 Å². The molecule has 0 bridgehead atoms. The van der Waals surface area contributed by atoms with Gasteiger partial charge in [0.1, 0.15) is 5.60 Å². The Kier molecular flexibility index (Phi) is 10.1. The fourth-order valence-corrected chi connectivity index (χ4v) is 4.58. The number of ether oxygens (including phenoxy) is 3. The standard InChI is InChI=1S/C18H26N2O3.C13H18N2O/c1-12-7-8-15(14-9-13(2)16(22-6)19-10-14)20(11-12)17(21)23-18(3,4)5;1-9-4-5-12(14-7-9)11-6-10(2)13(16-3)15-8-11/h8-10,12H,7,11H2,1-6H3;6,8-9H,4-5,7H2,1-3H3. The van der Waals surface area contributed by atoms with Crippen molar-refractivity contribution in [1.82, 2.24) is 14.9 Å². The van der Waals surface area contributed by atoms with Gasteiger partial charge in [0.25, 0.3) is 0 Å². The number of aryl methyl sites for hydroxylation is 2. The maximum absolute atomic E-state index is 12.6. The number of amides is 1. The Morgan fingerprint density at radius 3 is 2.05 bits per heavy atom. The van der Waals surface area contributed by atoms with Gasteiger partial charge < -0.3 is 14.2 Å². The first-order chi connectivity index (χ1) is 18.4. The average Bonchev–Trinajstić information content (AvgIpc) is 2.88. The molecular weight excluding hydrogens is 492 g/mol. The Balaban J connectivity index is 0.000000230. The van der Waals surface area contributed by atoms with Gasteiger partial charge in [0.15, 0.2) is 0 Å². The predicted molar refractivity (Wildman–Crippen MR) is 156 cm³/mol. The van der Waals surface area contributed by atoms with Gasteiger partial charge in [0.05, 0.1) is 19.9 Å². The number of nitrogens with zero attached hydrogens (tertiary/aromatic N) is 4. The van der Waals surface area contributed by atoms with E-state index in [1.54, 1.807) is 25.3 Å². The first kappa shape index (κ1) is 30.1. The van der Waals surface area contributed by atoms with Crippen molar-refractivity contribution in [3.05, 3.63) is 52.9 Å². The third kappa shape index (κ3) is 8.28. The number of hydrogen-bond acceptors (Lipinski definition) is 7. The summed E-state index contributed by atoms with van der Waals surface area (Å²) in [5.41, 5.74) is 5.59. The lowest BCUT2D eigenvalue weighted by Gasteiger charge is -2.33. The molecule has 2 aromatic rings. The van der Waals surface area contributed by atoms with Gasteiger partial charge >= 0.3 is 6.09 Å². The first-order valence-corrected chi connectivity index (χ1v) is 13.7. The summed E-state index contributed by atoms with van der Waals surface area (Å²) < 4.78 is 15.9. The molecule has 0 spiro atoms. The van der Waals surface area contributed by atoms with E-state index in [-0.39, 0.29) is 6.09 Å². The Hall–Kier alpha value is -3.42. The highest BCUT2D eigenvalue weighted by Gasteiger charge is 2.29. The molecule has 8 heteroatoms.